The molecule has 2 rings (SSSR count). The molecule has 72 valence electrons. The van der Waals surface area contributed by atoms with Gasteiger partial charge in [0.1, 0.15) is 0 Å². The van der Waals surface area contributed by atoms with Gasteiger partial charge in [0, 0.05) is 29.5 Å². The first-order valence-electron chi connectivity index (χ1n) is 4.28. The third-order valence-electron chi connectivity index (χ3n) is 2.04. The van der Waals surface area contributed by atoms with Gasteiger partial charge in [-0.3, -0.25) is 5.10 Å². The van der Waals surface area contributed by atoms with Crippen molar-refractivity contribution in [2.24, 2.45) is 0 Å². The van der Waals surface area contributed by atoms with Crippen molar-refractivity contribution in [2.45, 2.75) is 0 Å². The Balaban J connectivity index is 2.53. The molecule has 0 aliphatic rings. The predicted molar refractivity (Wildman–Crippen MR) is 58.6 cm³/mol. The number of rotatable bonds is 2. The van der Waals surface area contributed by atoms with E-state index >= 15 is 0 Å². The Kier molecular flexibility index (Phi) is 2.41. The number of nitrogens with one attached hydrogen (secondary N) is 2. The summed E-state index contributed by atoms with van der Waals surface area (Å²) >= 11 is 5.89. The highest BCUT2D eigenvalue weighted by Crippen LogP contribution is 2.28. The van der Waals surface area contributed by atoms with E-state index in [1.165, 1.54) is 0 Å². The number of benzene rings is 1. The number of hydrogen-bond acceptors (Lipinski definition) is 2. The molecule has 2 aromatic rings. The Morgan fingerprint density at radius 2 is 2.21 bits per heavy atom. The molecule has 1 aromatic heterocycles. The lowest BCUT2D eigenvalue weighted by molar-refractivity contribution is 1.10. The van der Waals surface area contributed by atoms with Gasteiger partial charge in [0.15, 0.2) is 0 Å². The van der Waals surface area contributed by atoms with Crippen molar-refractivity contribution in [2.75, 3.05) is 12.4 Å². The molecule has 0 saturated heterocycles. The van der Waals surface area contributed by atoms with E-state index in [9.17, 15) is 0 Å². The summed E-state index contributed by atoms with van der Waals surface area (Å²) in [4.78, 5) is 0. The largest absolute Gasteiger partial charge is 0.388 e. The van der Waals surface area contributed by atoms with E-state index in [-0.39, 0.29) is 0 Å². The standard InChI is InChI=1S/C10H10ClN3/c1-12-10-6-7(11)2-3-8(10)9-4-5-13-14-9/h2-6,12H,1H3,(H,13,14). The van der Waals surface area contributed by atoms with Gasteiger partial charge < -0.3 is 5.32 Å². The van der Waals surface area contributed by atoms with Crippen molar-refractivity contribution in [3.8, 4) is 11.3 Å². The topological polar surface area (TPSA) is 40.7 Å². The Bertz CT molecular complexity index is 423. The van der Waals surface area contributed by atoms with Gasteiger partial charge in [0.05, 0.1) is 5.69 Å². The van der Waals surface area contributed by atoms with Gasteiger partial charge in [-0.2, -0.15) is 5.10 Å². The molecule has 0 spiro atoms. The molecule has 0 atom stereocenters. The quantitative estimate of drug-likeness (QED) is 0.795. The van der Waals surface area contributed by atoms with Crippen LogP contribution in [0.2, 0.25) is 5.02 Å². The van der Waals surface area contributed by atoms with E-state index in [1.807, 2.05) is 31.3 Å². The SMILES string of the molecule is CNc1cc(Cl)ccc1-c1ccn[nH]1. The number of hydrogen-bond donors (Lipinski definition) is 2. The third kappa shape index (κ3) is 1.59. The van der Waals surface area contributed by atoms with Crippen LogP contribution in [-0.4, -0.2) is 17.2 Å². The van der Waals surface area contributed by atoms with Crippen LogP contribution in [0, 0.1) is 0 Å². The molecule has 3 nitrogen and oxygen atoms in total. The molecule has 0 saturated carbocycles. The lowest BCUT2D eigenvalue weighted by Gasteiger charge is -2.07. The summed E-state index contributed by atoms with van der Waals surface area (Å²) in [6.07, 6.45) is 1.73. The fraction of sp³-hybridized carbons (Fsp3) is 0.100. The van der Waals surface area contributed by atoms with Crippen LogP contribution in [0.5, 0.6) is 0 Å². The summed E-state index contributed by atoms with van der Waals surface area (Å²) in [5.74, 6) is 0. The van der Waals surface area contributed by atoms with Crippen LogP contribution < -0.4 is 5.32 Å². The second-order valence-corrected chi connectivity index (χ2v) is 3.35. The van der Waals surface area contributed by atoms with Gasteiger partial charge in [-0.05, 0) is 24.3 Å². The van der Waals surface area contributed by atoms with Crippen molar-refractivity contribution in [3.05, 3.63) is 35.5 Å². The molecule has 0 aliphatic carbocycles. The number of H-pyrrole nitrogens is 1. The molecule has 4 heteroatoms. The molecule has 1 heterocycles. The third-order valence-corrected chi connectivity index (χ3v) is 2.28. The average molecular weight is 208 g/mol. The Morgan fingerprint density at radius 3 is 2.86 bits per heavy atom. The van der Waals surface area contributed by atoms with Gasteiger partial charge in [-0.15, -0.1) is 0 Å². The molecule has 0 bridgehead atoms. The van der Waals surface area contributed by atoms with Crippen molar-refractivity contribution in [1.29, 1.82) is 0 Å². The van der Waals surface area contributed by atoms with E-state index in [1.54, 1.807) is 6.20 Å². The van der Waals surface area contributed by atoms with E-state index < -0.39 is 0 Å². The Labute approximate surface area is 87.1 Å². The second kappa shape index (κ2) is 3.72. The van der Waals surface area contributed by atoms with Gasteiger partial charge in [0.2, 0.25) is 0 Å². The number of aromatic nitrogens is 2. The van der Waals surface area contributed by atoms with Crippen LogP contribution in [0.3, 0.4) is 0 Å². The van der Waals surface area contributed by atoms with Crippen LogP contribution in [0.25, 0.3) is 11.3 Å². The monoisotopic (exact) mass is 207 g/mol. The normalized spacial score (nSPS) is 10.1. The molecule has 0 amide bonds. The zero-order valence-electron chi connectivity index (χ0n) is 7.71. The fourth-order valence-corrected chi connectivity index (χ4v) is 1.54. The van der Waals surface area contributed by atoms with Crippen LogP contribution >= 0.6 is 11.6 Å². The summed E-state index contributed by atoms with van der Waals surface area (Å²) in [5, 5.41) is 10.6. The summed E-state index contributed by atoms with van der Waals surface area (Å²) in [6.45, 7) is 0. The number of anilines is 1. The first kappa shape index (κ1) is 9.09. The smallest absolute Gasteiger partial charge is 0.0670 e. The first-order valence-corrected chi connectivity index (χ1v) is 4.66. The zero-order chi connectivity index (χ0) is 9.97. The molecule has 1 aromatic carbocycles. The number of halogens is 1. The lowest BCUT2D eigenvalue weighted by Crippen LogP contribution is -1.91. The average Bonchev–Trinajstić information content (AvgIpc) is 2.70. The zero-order valence-corrected chi connectivity index (χ0v) is 8.47. The highest BCUT2D eigenvalue weighted by molar-refractivity contribution is 6.31. The van der Waals surface area contributed by atoms with Crippen molar-refractivity contribution >= 4 is 17.3 Å². The highest BCUT2D eigenvalue weighted by Gasteiger charge is 2.04. The molecule has 0 fully saturated rings. The summed E-state index contributed by atoms with van der Waals surface area (Å²) in [5.41, 5.74) is 3.03. The van der Waals surface area contributed by atoms with Crippen LogP contribution in [-0.2, 0) is 0 Å². The Hall–Kier alpha value is -1.48. The van der Waals surface area contributed by atoms with E-state index in [2.05, 4.69) is 15.5 Å². The van der Waals surface area contributed by atoms with Crippen LogP contribution in [0.1, 0.15) is 0 Å². The summed E-state index contributed by atoms with van der Waals surface area (Å²) < 4.78 is 0. The van der Waals surface area contributed by atoms with Gasteiger partial charge in [-0.1, -0.05) is 11.6 Å². The maximum absolute atomic E-state index is 5.89. The van der Waals surface area contributed by atoms with Crippen molar-refractivity contribution in [1.82, 2.24) is 10.2 Å². The molecular formula is C10H10ClN3. The number of aromatic amines is 1. The minimum atomic E-state index is 0.720. The second-order valence-electron chi connectivity index (χ2n) is 2.91. The number of nitrogens with zero attached hydrogens (tertiary/aromatic N) is 1. The van der Waals surface area contributed by atoms with E-state index in [4.69, 9.17) is 11.6 Å². The van der Waals surface area contributed by atoms with E-state index in [0.29, 0.717) is 0 Å². The molecule has 0 unspecified atom stereocenters. The highest BCUT2D eigenvalue weighted by atomic mass is 35.5. The summed E-state index contributed by atoms with van der Waals surface area (Å²) in [6, 6.07) is 7.63. The van der Waals surface area contributed by atoms with Crippen LogP contribution in [0.4, 0.5) is 5.69 Å². The maximum Gasteiger partial charge on any atom is 0.0670 e. The maximum atomic E-state index is 5.89. The molecule has 2 N–H and O–H groups in total. The first-order chi connectivity index (χ1) is 6.81. The molecule has 0 radical (unpaired) electrons. The lowest BCUT2D eigenvalue weighted by atomic mass is 10.1. The Morgan fingerprint density at radius 1 is 1.36 bits per heavy atom. The molecular weight excluding hydrogens is 198 g/mol. The van der Waals surface area contributed by atoms with E-state index in [0.717, 1.165) is 22.0 Å². The predicted octanol–water partition coefficient (Wildman–Crippen LogP) is 2.77. The fourth-order valence-electron chi connectivity index (χ4n) is 1.36. The minimum Gasteiger partial charge on any atom is -0.388 e. The molecule has 0 aliphatic heterocycles. The minimum absolute atomic E-state index is 0.720. The van der Waals surface area contributed by atoms with Crippen LogP contribution in [0.15, 0.2) is 30.5 Å². The van der Waals surface area contributed by atoms with Gasteiger partial charge >= 0.3 is 0 Å². The van der Waals surface area contributed by atoms with Crippen molar-refractivity contribution < 1.29 is 0 Å². The van der Waals surface area contributed by atoms with Crippen molar-refractivity contribution in [3.63, 3.8) is 0 Å². The van der Waals surface area contributed by atoms with Gasteiger partial charge in [0.25, 0.3) is 0 Å². The van der Waals surface area contributed by atoms with Gasteiger partial charge in [-0.25, -0.2) is 0 Å². The molecule has 14 heavy (non-hydrogen) atoms. The summed E-state index contributed by atoms with van der Waals surface area (Å²) in [7, 11) is 1.87.